The van der Waals surface area contributed by atoms with E-state index in [1.807, 2.05) is 72.0 Å². The van der Waals surface area contributed by atoms with E-state index in [2.05, 4.69) is 31.1 Å². The summed E-state index contributed by atoms with van der Waals surface area (Å²) in [5.41, 5.74) is 4.42. The van der Waals surface area contributed by atoms with E-state index < -0.39 is 0 Å². The molecule has 6 heteroatoms. The molecule has 0 aliphatic carbocycles. The Labute approximate surface area is 248 Å². The first kappa shape index (κ1) is 36.9. The molecule has 5 nitrogen and oxygen atoms in total. The smallest absolute Gasteiger partial charge is 0.257 e. The summed E-state index contributed by atoms with van der Waals surface area (Å²) >= 11 is 0. The Kier molecular flexibility index (Phi) is 17.9. The molecule has 0 radical (unpaired) electrons. The molecule has 0 aromatic heterocycles. The topological polar surface area (TPSA) is 56.6 Å². The van der Waals surface area contributed by atoms with Gasteiger partial charge >= 0.3 is 0 Å². The van der Waals surface area contributed by atoms with Gasteiger partial charge in [-0.05, 0) is 75.6 Å². The third kappa shape index (κ3) is 11.1. The van der Waals surface area contributed by atoms with Crippen molar-refractivity contribution in [3.63, 3.8) is 0 Å². The molecule has 1 aromatic rings. The van der Waals surface area contributed by atoms with Crippen LogP contribution in [0.25, 0.3) is 0 Å². The summed E-state index contributed by atoms with van der Waals surface area (Å²) in [5.74, 6) is 0.187. The zero-order chi connectivity index (χ0) is 31.5. The molecule has 1 heterocycles. The monoisotopic (exact) mass is 561 g/mol. The van der Waals surface area contributed by atoms with Crippen LogP contribution in [0, 0.1) is 18.3 Å². The van der Waals surface area contributed by atoms with Gasteiger partial charge in [0, 0.05) is 30.4 Å². The molecule has 0 saturated heterocycles. The van der Waals surface area contributed by atoms with E-state index in [0.29, 0.717) is 22.6 Å². The highest BCUT2D eigenvalue weighted by atomic mass is 19.1. The Hall–Kier alpha value is -4.11. The number of amides is 1. The normalized spacial score (nSPS) is 16.0. The summed E-state index contributed by atoms with van der Waals surface area (Å²) < 4.78 is 19.7. The van der Waals surface area contributed by atoms with Gasteiger partial charge in [0.25, 0.3) is 5.91 Å². The Morgan fingerprint density at radius 2 is 1.85 bits per heavy atom. The van der Waals surface area contributed by atoms with Crippen LogP contribution in [0.2, 0.25) is 0 Å². The Bertz CT molecular complexity index is 1230. The van der Waals surface area contributed by atoms with E-state index in [-0.39, 0.29) is 24.3 Å². The first-order valence-electron chi connectivity index (χ1n) is 14.0. The van der Waals surface area contributed by atoms with E-state index in [1.165, 1.54) is 12.2 Å². The quantitative estimate of drug-likeness (QED) is 0.211. The van der Waals surface area contributed by atoms with Crippen LogP contribution in [0.4, 0.5) is 4.39 Å². The van der Waals surface area contributed by atoms with Crippen LogP contribution in [-0.4, -0.2) is 36.0 Å². The molecule has 2 rings (SSSR count). The fourth-order valence-corrected chi connectivity index (χ4v) is 4.05. The third-order valence-corrected chi connectivity index (χ3v) is 6.44. The highest BCUT2D eigenvalue weighted by molar-refractivity contribution is 5.97. The molecule has 1 amide bonds. The van der Waals surface area contributed by atoms with Gasteiger partial charge in [-0.2, -0.15) is 5.26 Å². The molecule has 1 aliphatic heterocycles. The van der Waals surface area contributed by atoms with Crippen molar-refractivity contribution in [2.75, 3.05) is 14.2 Å². The third-order valence-electron chi connectivity index (χ3n) is 6.44. The SMILES string of the molecule is C=C/C=C\C(F)=C(/C)CC1=C(CCC)N(C)C(C)N(C(=C)/C=C\C(=C/C)OC)C1=O.CC.Cc1ccccc1C#N. The summed E-state index contributed by atoms with van der Waals surface area (Å²) in [7, 11) is 3.55. The number of benzene rings is 1. The summed E-state index contributed by atoms with van der Waals surface area (Å²) in [5, 5.41) is 8.47. The number of methoxy groups -OCH3 is 1. The van der Waals surface area contributed by atoms with Crippen molar-refractivity contribution in [1.82, 2.24) is 9.80 Å². The second kappa shape index (κ2) is 19.9. The lowest BCUT2D eigenvalue weighted by Gasteiger charge is -2.44. The number of halogens is 1. The van der Waals surface area contributed by atoms with Crippen LogP contribution < -0.4 is 0 Å². The fraction of sp³-hybridized carbons (Fsp3) is 0.371. The Morgan fingerprint density at radius 3 is 2.34 bits per heavy atom. The maximum atomic E-state index is 14.4. The van der Waals surface area contributed by atoms with Crippen molar-refractivity contribution >= 4 is 5.91 Å². The molecule has 1 unspecified atom stereocenters. The second-order valence-corrected chi connectivity index (χ2v) is 9.14. The molecular weight excluding hydrogens is 513 g/mol. The second-order valence-electron chi connectivity index (χ2n) is 9.14. The minimum absolute atomic E-state index is 0.141. The Morgan fingerprint density at radius 1 is 1.22 bits per heavy atom. The number of rotatable bonds is 10. The van der Waals surface area contributed by atoms with Crippen LogP contribution in [0.1, 0.15) is 71.9 Å². The minimum Gasteiger partial charge on any atom is -0.497 e. The standard InChI is InChI=1S/C25H35FN2O2.C8H7N.C2H6/c1-9-12-14-23(26)18(4)17-22-24(13-10-2)27(7)20(6)28(25(22)29)19(5)15-16-21(11-3)30-8;1-7-4-2-3-5-8(7)6-9;1-2/h9,11-12,14-16,20H,1,5,10,13,17H2,2-4,6-8H3;2-5H,1H3;1-2H3/b14-12-,16-15-,21-11+,23-18-;;. The lowest BCUT2D eigenvalue weighted by Crippen LogP contribution is -2.51. The van der Waals surface area contributed by atoms with Gasteiger partial charge in [-0.1, -0.05) is 70.7 Å². The number of carbonyl (C=O) groups is 1. The van der Waals surface area contributed by atoms with E-state index in [9.17, 15) is 9.18 Å². The number of nitrogens with zero attached hydrogens (tertiary/aromatic N) is 3. The van der Waals surface area contributed by atoms with Gasteiger partial charge in [0.15, 0.2) is 0 Å². The summed E-state index contributed by atoms with van der Waals surface area (Å²) in [4.78, 5) is 17.2. The summed E-state index contributed by atoms with van der Waals surface area (Å²) in [6.45, 7) is 21.2. The van der Waals surface area contributed by atoms with Crippen molar-refractivity contribution in [2.24, 2.45) is 0 Å². The highest BCUT2D eigenvalue weighted by Gasteiger charge is 2.35. The lowest BCUT2D eigenvalue weighted by atomic mass is 9.96. The lowest BCUT2D eigenvalue weighted by molar-refractivity contribution is -0.131. The summed E-state index contributed by atoms with van der Waals surface area (Å²) in [6.07, 6.45) is 11.5. The number of nitriles is 1. The van der Waals surface area contributed by atoms with Crippen LogP contribution in [0.3, 0.4) is 0 Å². The molecule has 0 spiro atoms. The zero-order valence-corrected chi connectivity index (χ0v) is 26.4. The largest absolute Gasteiger partial charge is 0.497 e. The predicted octanol–water partition coefficient (Wildman–Crippen LogP) is 9.05. The molecule has 0 fully saturated rings. The number of hydrogen-bond donors (Lipinski definition) is 0. The van der Waals surface area contributed by atoms with E-state index >= 15 is 0 Å². The number of carbonyl (C=O) groups excluding carboxylic acids is 1. The van der Waals surface area contributed by atoms with Gasteiger partial charge in [0.2, 0.25) is 0 Å². The highest BCUT2D eigenvalue weighted by Crippen LogP contribution is 2.33. The first-order chi connectivity index (χ1) is 19.6. The molecule has 222 valence electrons. The van der Waals surface area contributed by atoms with Crippen molar-refractivity contribution in [3.05, 3.63) is 119 Å². The molecule has 1 atom stereocenters. The maximum absolute atomic E-state index is 14.4. The predicted molar refractivity (Wildman–Crippen MR) is 170 cm³/mol. The molecular formula is C35H48FN3O2. The van der Waals surface area contributed by atoms with Gasteiger partial charge in [0.05, 0.1) is 18.7 Å². The van der Waals surface area contributed by atoms with Gasteiger partial charge in [0.1, 0.15) is 17.8 Å². The number of aryl methyl sites for hydroxylation is 1. The van der Waals surface area contributed by atoms with E-state index in [4.69, 9.17) is 10.00 Å². The first-order valence-corrected chi connectivity index (χ1v) is 14.0. The zero-order valence-electron chi connectivity index (χ0n) is 26.4. The van der Waals surface area contributed by atoms with E-state index in [1.54, 1.807) is 37.2 Å². The van der Waals surface area contributed by atoms with Gasteiger partial charge in [-0.3, -0.25) is 9.69 Å². The minimum atomic E-state index is -0.351. The summed E-state index contributed by atoms with van der Waals surface area (Å²) in [6, 6.07) is 9.63. The molecule has 41 heavy (non-hydrogen) atoms. The number of hydrogen-bond acceptors (Lipinski definition) is 4. The fourth-order valence-electron chi connectivity index (χ4n) is 4.05. The molecule has 0 N–H and O–H groups in total. The van der Waals surface area contributed by atoms with Gasteiger partial charge in [-0.15, -0.1) is 0 Å². The van der Waals surface area contributed by atoms with Crippen LogP contribution in [-0.2, 0) is 9.53 Å². The molecule has 1 aliphatic rings. The maximum Gasteiger partial charge on any atom is 0.257 e. The van der Waals surface area contributed by atoms with Crippen molar-refractivity contribution < 1.29 is 13.9 Å². The van der Waals surface area contributed by atoms with E-state index in [0.717, 1.165) is 29.7 Å². The van der Waals surface area contributed by atoms with Gasteiger partial charge < -0.3 is 9.64 Å². The molecule has 0 bridgehead atoms. The Balaban J connectivity index is 0.00000121. The van der Waals surface area contributed by atoms with Crippen molar-refractivity contribution in [2.45, 2.75) is 73.9 Å². The van der Waals surface area contributed by atoms with Crippen LogP contribution in [0.15, 0.2) is 108 Å². The molecule has 0 saturated carbocycles. The molecule has 1 aromatic carbocycles. The average molecular weight is 562 g/mol. The van der Waals surface area contributed by atoms with Crippen molar-refractivity contribution in [3.8, 4) is 6.07 Å². The van der Waals surface area contributed by atoms with Gasteiger partial charge in [-0.25, -0.2) is 4.39 Å². The van der Waals surface area contributed by atoms with Crippen LogP contribution in [0.5, 0.6) is 0 Å². The number of allylic oxidation sites excluding steroid dienone is 9. The van der Waals surface area contributed by atoms with Crippen molar-refractivity contribution in [1.29, 1.82) is 5.26 Å². The number of ether oxygens (including phenoxy) is 1. The van der Waals surface area contributed by atoms with Crippen LogP contribution >= 0.6 is 0 Å². The average Bonchev–Trinajstić information content (AvgIpc) is 2.98.